The van der Waals surface area contributed by atoms with Gasteiger partial charge in [0, 0.05) is 19.5 Å². The van der Waals surface area contributed by atoms with Crippen molar-refractivity contribution in [2.24, 2.45) is 0 Å². The highest BCUT2D eigenvalue weighted by Crippen LogP contribution is 2.38. The zero-order chi connectivity index (χ0) is 18.8. The van der Waals surface area contributed by atoms with E-state index in [1.54, 1.807) is 18.2 Å². The Bertz CT molecular complexity index is 861. The summed E-state index contributed by atoms with van der Waals surface area (Å²) in [6.07, 6.45) is 1.48. The van der Waals surface area contributed by atoms with Gasteiger partial charge in [-0.05, 0) is 52.2 Å². The van der Waals surface area contributed by atoms with Crippen LogP contribution < -0.4 is 19.7 Å². The third-order valence-corrected chi connectivity index (χ3v) is 5.35. The van der Waals surface area contributed by atoms with Gasteiger partial charge in [-0.15, -0.1) is 0 Å². The van der Waals surface area contributed by atoms with Crippen molar-refractivity contribution >= 4 is 27.5 Å². The summed E-state index contributed by atoms with van der Waals surface area (Å²) in [5, 5.41) is 3.29. The monoisotopic (exact) mass is 434 g/mol. The lowest BCUT2D eigenvalue weighted by atomic mass is 10.1. The second kappa shape index (κ2) is 7.86. The first-order valence-electron chi connectivity index (χ1n) is 9.01. The molecular formula is C20H20BrFN2O3. The Morgan fingerprint density at radius 2 is 2.04 bits per heavy atom. The Hall–Kier alpha value is -2.12. The first kappa shape index (κ1) is 18.3. The van der Waals surface area contributed by atoms with Gasteiger partial charge in [0.2, 0.25) is 5.91 Å². The molecule has 27 heavy (non-hydrogen) atoms. The minimum Gasteiger partial charge on any atom is -0.490 e. The molecule has 1 N–H and O–H groups in total. The fourth-order valence-corrected chi connectivity index (χ4v) is 4.01. The van der Waals surface area contributed by atoms with Crippen molar-refractivity contribution in [1.29, 1.82) is 0 Å². The Morgan fingerprint density at radius 1 is 1.22 bits per heavy atom. The van der Waals surface area contributed by atoms with E-state index in [2.05, 4.69) is 21.2 Å². The number of carbonyl (C=O) groups excluding carboxylic acids is 1. The van der Waals surface area contributed by atoms with E-state index in [-0.39, 0.29) is 17.8 Å². The highest BCUT2D eigenvalue weighted by Gasteiger charge is 2.33. The number of amides is 1. The maximum absolute atomic E-state index is 14.0. The Morgan fingerprint density at radius 3 is 2.89 bits per heavy atom. The van der Waals surface area contributed by atoms with E-state index in [1.165, 1.54) is 11.0 Å². The largest absolute Gasteiger partial charge is 0.490 e. The Balaban J connectivity index is 1.44. The molecule has 2 heterocycles. The molecule has 1 atom stereocenters. The van der Waals surface area contributed by atoms with Gasteiger partial charge >= 0.3 is 0 Å². The fourth-order valence-electron chi connectivity index (χ4n) is 3.41. The average Bonchev–Trinajstić information content (AvgIpc) is 2.87. The van der Waals surface area contributed by atoms with Crippen LogP contribution in [0.25, 0.3) is 0 Å². The first-order chi connectivity index (χ1) is 13.1. The van der Waals surface area contributed by atoms with Crippen molar-refractivity contribution in [2.45, 2.75) is 25.4 Å². The van der Waals surface area contributed by atoms with Crippen LogP contribution in [0.3, 0.4) is 0 Å². The molecule has 0 unspecified atom stereocenters. The predicted molar refractivity (Wildman–Crippen MR) is 104 cm³/mol. The van der Waals surface area contributed by atoms with Crippen LogP contribution in [0.15, 0.2) is 40.9 Å². The number of ether oxygens (including phenoxy) is 2. The van der Waals surface area contributed by atoms with E-state index in [0.717, 1.165) is 22.2 Å². The maximum Gasteiger partial charge on any atom is 0.244 e. The van der Waals surface area contributed by atoms with Crippen LogP contribution >= 0.6 is 15.9 Å². The second-order valence-corrected chi connectivity index (χ2v) is 7.47. The number of nitrogens with zero attached hydrogens (tertiary/aromatic N) is 1. The molecule has 0 spiro atoms. The number of anilines is 1. The van der Waals surface area contributed by atoms with E-state index < -0.39 is 0 Å². The summed E-state index contributed by atoms with van der Waals surface area (Å²) < 4.78 is 26.3. The highest BCUT2D eigenvalue weighted by molar-refractivity contribution is 9.10. The molecular weight excluding hydrogens is 415 g/mol. The molecule has 7 heteroatoms. The third kappa shape index (κ3) is 3.80. The van der Waals surface area contributed by atoms with Crippen molar-refractivity contribution in [1.82, 2.24) is 5.32 Å². The van der Waals surface area contributed by atoms with Gasteiger partial charge in [0.25, 0.3) is 0 Å². The molecule has 1 amide bonds. The molecule has 4 rings (SSSR count). The molecule has 5 nitrogen and oxygen atoms in total. The number of benzene rings is 2. The van der Waals surface area contributed by atoms with Gasteiger partial charge in [-0.2, -0.15) is 0 Å². The minimum atomic E-state index is -0.377. The third-order valence-electron chi connectivity index (χ3n) is 4.76. The van der Waals surface area contributed by atoms with Gasteiger partial charge < -0.3 is 19.7 Å². The average molecular weight is 435 g/mol. The summed E-state index contributed by atoms with van der Waals surface area (Å²) >= 11 is 3.53. The number of rotatable bonds is 4. The van der Waals surface area contributed by atoms with E-state index in [1.807, 2.05) is 12.1 Å². The van der Waals surface area contributed by atoms with E-state index in [0.29, 0.717) is 44.2 Å². The van der Waals surface area contributed by atoms with Gasteiger partial charge in [0.05, 0.1) is 29.4 Å². The predicted octanol–water partition coefficient (Wildman–Crippen LogP) is 3.64. The molecule has 1 fully saturated rings. The molecule has 0 saturated carbocycles. The van der Waals surface area contributed by atoms with Crippen LogP contribution in [0.5, 0.6) is 11.5 Å². The van der Waals surface area contributed by atoms with Crippen LogP contribution in [-0.4, -0.2) is 31.7 Å². The van der Waals surface area contributed by atoms with Gasteiger partial charge in [-0.25, -0.2) is 4.39 Å². The van der Waals surface area contributed by atoms with Crippen LogP contribution in [0.4, 0.5) is 10.1 Å². The zero-order valence-electron chi connectivity index (χ0n) is 14.7. The van der Waals surface area contributed by atoms with E-state index in [9.17, 15) is 9.18 Å². The zero-order valence-corrected chi connectivity index (χ0v) is 16.3. The number of carbonyl (C=O) groups is 1. The lowest BCUT2D eigenvalue weighted by molar-refractivity contribution is -0.118. The van der Waals surface area contributed by atoms with E-state index >= 15 is 0 Å². The smallest absolute Gasteiger partial charge is 0.244 e. The maximum atomic E-state index is 14.0. The van der Waals surface area contributed by atoms with Crippen molar-refractivity contribution < 1.29 is 18.7 Å². The standard InChI is InChI=1S/C20H20BrFN2O3/c21-14-10-13(11-18-19(14)27-9-3-8-26-18)12-23-16-6-7-24(20(16)25)17-5-2-1-4-15(17)22/h1-2,4-5,10-11,16,23H,3,6-9,12H2/t16-/m1/s1. The lowest BCUT2D eigenvalue weighted by Crippen LogP contribution is -2.38. The lowest BCUT2D eigenvalue weighted by Gasteiger charge is -2.18. The number of nitrogens with one attached hydrogen (secondary N) is 1. The first-order valence-corrected chi connectivity index (χ1v) is 9.80. The molecule has 142 valence electrons. The van der Waals surface area contributed by atoms with Gasteiger partial charge in [-0.1, -0.05) is 12.1 Å². The van der Waals surface area contributed by atoms with Crippen LogP contribution in [-0.2, 0) is 11.3 Å². The summed E-state index contributed by atoms with van der Waals surface area (Å²) in [6, 6.07) is 9.94. The Kier molecular flexibility index (Phi) is 5.31. The molecule has 2 aromatic rings. The van der Waals surface area contributed by atoms with Crippen LogP contribution in [0.1, 0.15) is 18.4 Å². The molecule has 2 aliphatic heterocycles. The number of para-hydroxylation sites is 1. The van der Waals surface area contributed by atoms with Crippen molar-refractivity contribution in [3.8, 4) is 11.5 Å². The summed E-state index contributed by atoms with van der Waals surface area (Å²) in [5.41, 5.74) is 1.33. The molecule has 0 aliphatic carbocycles. The molecule has 2 aliphatic rings. The summed E-state index contributed by atoms with van der Waals surface area (Å²) in [6.45, 7) is 2.26. The number of hydrogen-bond donors (Lipinski definition) is 1. The molecule has 0 bridgehead atoms. The summed E-state index contributed by atoms with van der Waals surface area (Å²) in [5.74, 6) is 0.954. The minimum absolute atomic E-state index is 0.103. The highest BCUT2D eigenvalue weighted by atomic mass is 79.9. The quantitative estimate of drug-likeness (QED) is 0.797. The van der Waals surface area contributed by atoms with Crippen molar-refractivity contribution in [3.63, 3.8) is 0 Å². The second-order valence-electron chi connectivity index (χ2n) is 6.62. The van der Waals surface area contributed by atoms with Crippen molar-refractivity contribution in [3.05, 3.63) is 52.3 Å². The number of fused-ring (bicyclic) bond motifs is 1. The normalized spacial score (nSPS) is 19.3. The summed E-state index contributed by atoms with van der Waals surface area (Å²) in [7, 11) is 0. The summed E-state index contributed by atoms with van der Waals surface area (Å²) in [4.78, 5) is 14.2. The molecule has 0 radical (unpaired) electrons. The molecule has 2 aromatic carbocycles. The van der Waals surface area contributed by atoms with Crippen LogP contribution in [0.2, 0.25) is 0 Å². The van der Waals surface area contributed by atoms with Crippen LogP contribution in [0, 0.1) is 5.82 Å². The van der Waals surface area contributed by atoms with Crippen molar-refractivity contribution in [2.75, 3.05) is 24.7 Å². The number of halogens is 2. The molecule has 0 aromatic heterocycles. The van der Waals surface area contributed by atoms with Gasteiger partial charge in [0.1, 0.15) is 5.82 Å². The van der Waals surface area contributed by atoms with Gasteiger partial charge in [-0.3, -0.25) is 4.79 Å². The molecule has 1 saturated heterocycles. The van der Waals surface area contributed by atoms with Gasteiger partial charge in [0.15, 0.2) is 11.5 Å². The topological polar surface area (TPSA) is 50.8 Å². The Labute approximate surface area is 165 Å². The van der Waals surface area contributed by atoms with E-state index in [4.69, 9.17) is 9.47 Å². The number of hydrogen-bond acceptors (Lipinski definition) is 4. The fraction of sp³-hybridized carbons (Fsp3) is 0.350. The SMILES string of the molecule is O=C1[C@H](NCc2cc(Br)c3c(c2)OCCCO3)CCN1c1ccccc1F.